The molecule has 0 bridgehead atoms. The van der Waals surface area contributed by atoms with Crippen molar-refractivity contribution in [1.29, 1.82) is 5.26 Å². The molecule has 0 radical (unpaired) electrons. The van der Waals surface area contributed by atoms with Crippen LogP contribution in [0.1, 0.15) is 31.7 Å². The third kappa shape index (κ3) is 6.22. The van der Waals surface area contributed by atoms with E-state index in [0.717, 1.165) is 0 Å². The quantitative estimate of drug-likeness (QED) is 0.247. The van der Waals surface area contributed by atoms with Crippen LogP contribution in [0.3, 0.4) is 0 Å². The zero-order chi connectivity index (χ0) is 34.2. The van der Waals surface area contributed by atoms with Crippen molar-refractivity contribution in [2.45, 2.75) is 56.8 Å². The summed E-state index contributed by atoms with van der Waals surface area (Å²) in [6, 6.07) is 10.5. The van der Waals surface area contributed by atoms with Crippen LogP contribution in [0.4, 0.5) is 4.79 Å². The number of rotatable bonds is 10. The van der Waals surface area contributed by atoms with Crippen LogP contribution < -0.4 is 4.74 Å². The maximum absolute atomic E-state index is 13.7. The number of carbonyl (C=O) groups is 2. The van der Waals surface area contributed by atoms with Gasteiger partial charge < -0.3 is 24.6 Å². The number of aromatic nitrogens is 5. The molecule has 3 atom stereocenters. The summed E-state index contributed by atoms with van der Waals surface area (Å²) in [5.41, 5.74) is 1.32. The average molecular weight is 679 g/mol. The number of aliphatic hydroxyl groups excluding tert-OH is 1. The third-order valence-electron chi connectivity index (χ3n) is 8.64. The molecule has 17 heteroatoms. The number of amides is 1. The van der Waals surface area contributed by atoms with Gasteiger partial charge in [-0.3, -0.25) is 9.25 Å². The molecule has 2 N–H and O–H groups in total. The second kappa shape index (κ2) is 13.0. The molecule has 0 aliphatic carbocycles. The van der Waals surface area contributed by atoms with E-state index in [1.165, 1.54) is 20.1 Å². The predicted octanol–water partition coefficient (Wildman–Crippen LogP) is 2.00. The Labute approximate surface area is 275 Å². The maximum Gasteiger partial charge on any atom is 0.333 e. The van der Waals surface area contributed by atoms with E-state index >= 15 is 0 Å². The lowest BCUT2D eigenvalue weighted by Crippen LogP contribution is -2.64. The van der Waals surface area contributed by atoms with E-state index < -0.39 is 46.1 Å². The first-order valence-electron chi connectivity index (χ1n) is 15.2. The summed E-state index contributed by atoms with van der Waals surface area (Å²) >= 11 is 0. The number of hydrogen-bond donors (Lipinski definition) is 2. The fourth-order valence-electron chi connectivity index (χ4n) is 6.01. The van der Waals surface area contributed by atoms with Crippen molar-refractivity contribution in [3.8, 4) is 23.1 Å². The number of carbonyl (C=O) groups excluding carboxylic acids is 1. The van der Waals surface area contributed by atoms with Crippen LogP contribution in [-0.4, -0.2) is 109 Å². The van der Waals surface area contributed by atoms with Crippen molar-refractivity contribution in [1.82, 2.24) is 33.5 Å². The Hall–Kier alpha value is -4.89. The molecule has 0 unspecified atom stereocenters. The van der Waals surface area contributed by atoms with Crippen molar-refractivity contribution < 1.29 is 37.7 Å². The number of hydrogen-bond acceptors (Lipinski definition) is 11. The molecule has 3 aromatic heterocycles. The molecule has 252 valence electrons. The number of carboxylic acids is 1. The summed E-state index contributed by atoms with van der Waals surface area (Å²) < 4.78 is 40.5. The van der Waals surface area contributed by atoms with Crippen LogP contribution in [0.2, 0.25) is 0 Å². The van der Waals surface area contributed by atoms with E-state index in [4.69, 9.17) is 9.47 Å². The highest BCUT2D eigenvalue weighted by atomic mass is 32.2. The van der Waals surface area contributed by atoms with Crippen LogP contribution in [-0.2, 0) is 31.6 Å². The first-order chi connectivity index (χ1) is 22.9. The van der Waals surface area contributed by atoms with Gasteiger partial charge in [-0.25, -0.2) is 28.0 Å². The molecule has 4 aromatic rings. The number of aliphatic hydroxyl groups is 1. The number of ether oxygens (including phenoxy) is 2. The number of benzene rings is 1. The minimum atomic E-state index is -3.40. The lowest BCUT2D eigenvalue weighted by Gasteiger charge is -2.47. The molecule has 2 fully saturated rings. The van der Waals surface area contributed by atoms with Gasteiger partial charge in [-0.1, -0.05) is 18.2 Å². The van der Waals surface area contributed by atoms with Crippen molar-refractivity contribution >= 4 is 33.1 Å². The molecule has 6 rings (SSSR count). The number of aliphatic carboxylic acids is 1. The Bertz CT molecular complexity index is 2000. The topological polar surface area (TPSA) is 206 Å². The van der Waals surface area contributed by atoms with E-state index in [1.54, 1.807) is 67.6 Å². The van der Waals surface area contributed by atoms with Crippen molar-refractivity contribution in [2.24, 2.45) is 0 Å². The Kier molecular flexibility index (Phi) is 8.92. The minimum absolute atomic E-state index is 0.0283. The Morgan fingerprint density at radius 3 is 2.71 bits per heavy atom. The van der Waals surface area contributed by atoms with Crippen molar-refractivity contribution in [3.63, 3.8) is 0 Å². The Morgan fingerprint density at radius 2 is 1.98 bits per heavy atom. The van der Waals surface area contributed by atoms with Gasteiger partial charge in [0.1, 0.15) is 17.6 Å². The predicted molar refractivity (Wildman–Crippen MR) is 169 cm³/mol. The fourth-order valence-corrected chi connectivity index (χ4v) is 7.25. The smallest absolute Gasteiger partial charge is 0.333 e. The maximum atomic E-state index is 13.7. The number of fused-ring (bicyclic) bond motifs is 1. The molecule has 2 aliphatic rings. The van der Waals surface area contributed by atoms with Crippen LogP contribution in [0.25, 0.3) is 22.3 Å². The minimum Gasteiger partial charge on any atom is -0.479 e. The summed E-state index contributed by atoms with van der Waals surface area (Å²) in [5, 5.41) is 34.0. The summed E-state index contributed by atoms with van der Waals surface area (Å²) in [5.74, 6) is -0.826. The molecule has 16 nitrogen and oxygen atoms in total. The first-order valence-corrected chi connectivity index (χ1v) is 16.8. The van der Waals surface area contributed by atoms with Crippen molar-refractivity contribution in [3.05, 3.63) is 60.8 Å². The van der Waals surface area contributed by atoms with Crippen LogP contribution in [0.5, 0.6) is 5.75 Å². The number of para-hydroxylation sites is 1. The molecule has 0 saturated carbocycles. The molecule has 5 heterocycles. The molecular weight excluding hydrogens is 644 g/mol. The van der Waals surface area contributed by atoms with Crippen LogP contribution in [0, 0.1) is 11.3 Å². The van der Waals surface area contributed by atoms with E-state index in [2.05, 4.69) is 21.1 Å². The monoisotopic (exact) mass is 678 g/mol. The normalized spacial score (nSPS) is 20.9. The average Bonchev–Trinajstić information content (AvgIpc) is 3.71. The van der Waals surface area contributed by atoms with Crippen LogP contribution >= 0.6 is 0 Å². The largest absolute Gasteiger partial charge is 0.479 e. The third-order valence-corrected chi connectivity index (χ3v) is 10.4. The molecule has 2 saturated heterocycles. The van der Waals surface area contributed by atoms with E-state index in [1.807, 2.05) is 0 Å². The number of nitrogens with zero attached hydrogens (tertiary/aromatic N) is 8. The molecular formula is C31H34N8O8S. The van der Waals surface area contributed by atoms with Gasteiger partial charge in [-0.2, -0.15) is 14.7 Å². The lowest BCUT2D eigenvalue weighted by atomic mass is 9.89. The van der Waals surface area contributed by atoms with Crippen LogP contribution in [0.15, 0.2) is 55.2 Å². The summed E-state index contributed by atoms with van der Waals surface area (Å²) in [7, 11) is -1.78. The highest BCUT2D eigenvalue weighted by Gasteiger charge is 2.49. The second-order valence-electron chi connectivity index (χ2n) is 11.9. The van der Waals surface area contributed by atoms with Gasteiger partial charge in [-0.15, -0.1) is 0 Å². The summed E-state index contributed by atoms with van der Waals surface area (Å²) in [4.78, 5) is 35.4. The number of sulfonamides is 1. The SMILES string of the molecule is CCS(=O)(=O)N1CC(CC#N)(n2cc(-c3ncnc4c3ccn4C(=O)N(C)Cc3ccccc3O[C@H]3C[C@@H](O)C[C@@H](C(=O)O)O3)cn2)C1. The Balaban J connectivity index is 1.20. The van der Waals surface area contributed by atoms with Gasteiger partial charge in [-0.05, 0) is 19.1 Å². The Morgan fingerprint density at radius 1 is 1.21 bits per heavy atom. The fraction of sp³-hybridized carbons (Fsp3) is 0.419. The number of carboxylic acid groups (broad SMARTS) is 1. The van der Waals surface area contributed by atoms with Gasteiger partial charge in [0.2, 0.25) is 16.3 Å². The van der Waals surface area contributed by atoms with E-state index in [0.29, 0.717) is 33.6 Å². The molecule has 1 amide bonds. The van der Waals surface area contributed by atoms with E-state index in [9.17, 15) is 33.5 Å². The van der Waals surface area contributed by atoms with Gasteiger partial charge in [0.15, 0.2) is 11.8 Å². The van der Waals surface area contributed by atoms with E-state index in [-0.39, 0.29) is 44.6 Å². The van der Waals surface area contributed by atoms with Gasteiger partial charge in [0, 0.05) is 61.9 Å². The standard InChI is InChI=1S/C31H34N8O8S/c1-3-48(44,45)37-17-31(18-37,9-10-32)39-16-21(14-35-39)27-23-8-11-38(28(23)34-19-33-27)30(43)36(2)15-20-6-4-5-7-24(20)46-26-13-22(40)12-25(47-26)29(41)42/h4-8,11,14,16,19,22,25-26,40H,3,9,12-13,15,17-18H2,1-2H3,(H,41,42)/t22-,25-,26+/m0/s1. The van der Waals surface area contributed by atoms with Gasteiger partial charge >= 0.3 is 12.0 Å². The second-order valence-corrected chi connectivity index (χ2v) is 14.2. The first kappa shape index (κ1) is 33.0. The molecule has 1 aromatic carbocycles. The van der Waals surface area contributed by atoms with Gasteiger partial charge in [0.05, 0.1) is 42.8 Å². The zero-order valence-corrected chi connectivity index (χ0v) is 27.0. The highest BCUT2D eigenvalue weighted by molar-refractivity contribution is 7.89. The zero-order valence-electron chi connectivity index (χ0n) is 26.2. The molecule has 2 aliphatic heterocycles. The summed E-state index contributed by atoms with van der Waals surface area (Å²) in [6.07, 6.45) is 3.34. The molecule has 48 heavy (non-hydrogen) atoms. The molecule has 0 spiro atoms. The van der Waals surface area contributed by atoms with Crippen molar-refractivity contribution in [2.75, 3.05) is 25.9 Å². The van der Waals surface area contributed by atoms with Gasteiger partial charge in [0.25, 0.3) is 0 Å². The summed E-state index contributed by atoms with van der Waals surface area (Å²) in [6.45, 7) is 1.98. The number of nitriles is 1. The lowest BCUT2D eigenvalue weighted by molar-refractivity contribution is -0.195. The highest BCUT2D eigenvalue weighted by Crippen LogP contribution is 2.36.